The lowest BCUT2D eigenvalue weighted by Gasteiger charge is -2.26. The van der Waals surface area contributed by atoms with E-state index in [1.54, 1.807) is 6.92 Å². The van der Waals surface area contributed by atoms with Crippen LogP contribution in [0.15, 0.2) is 16.1 Å². The van der Waals surface area contributed by atoms with Gasteiger partial charge in [0.1, 0.15) is 5.65 Å². The second-order valence-corrected chi connectivity index (χ2v) is 7.96. The fraction of sp³-hybridized carbons (Fsp3) is 0.500. The number of rotatable bonds is 5. The highest BCUT2D eigenvalue weighted by Gasteiger charge is 2.23. The molecule has 0 aliphatic rings. The average Bonchev–Trinajstić information content (AvgIpc) is 2.49. The maximum atomic E-state index is 12.9. The highest BCUT2D eigenvalue weighted by Crippen LogP contribution is 2.41. The van der Waals surface area contributed by atoms with Gasteiger partial charge in [0.15, 0.2) is 5.78 Å². The van der Waals surface area contributed by atoms with Gasteiger partial charge in [-0.05, 0) is 32.3 Å². The van der Waals surface area contributed by atoms with E-state index in [0.717, 1.165) is 0 Å². The number of hydrogen-bond acceptors (Lipinski definition) is 6. The van der Waals surface area contributed by atoms with E-state index < -0.39 is 16.1 Å². The lowest BCUT2D eigenvalue weighted by atomic mass is 10.0. The van der Waals surface area contributed by atoms with Crippen molar-refractivity contribution in [1.82, 2.24) is 14.5 Å². The van der Waals surface area contributed by atoms with Gasteiger partial charge in [-0.3, -0.25) is 23.3 Å². The lowest BCUT2D eigenvalue weighted by molar-refractivity contribution is 0.101. The zero-order valence-corrected chi connectivity index (χ0v) is 15.3. The van der Waals surface area contributed by atoms with Gasteiger partial charge in [-0.2, -0.15) is 4.98 Å². The van der Waals surface area contributed by atoms with E-state index in [0.29, 0.717) is 29.4 Å². The number of fused-ring (bicyclic) bond motifs is 1. The summed E-state index contributed by atoms with van der Waals surface area (Å²) in [5.41, 5.74) is 0.596. The van der Waals surface area contributed by atoms with Crippen molar-refractivity contribution in [3.8, 4) is 0 Å². The number of pyridine rings is 1. The number of carbonyl (C=O) groups is 1. The molecule has 2 N–H and O–H groups in total. The largest absolute Gasteiger partial charge is 0.294 e. The van der Waals surface area contributed by atoms with Gasteiger partial charge in [-0.1, -0.05) is 13.8 Å². The normalized spacial score (nSPS) is 12.8. The predicted molar refractivity (Wildman–Crippen MR) is 95.2 cm³/mol. The summed E-state index contributed by atoms with van der Waals surface area (Å²) in [5, 5.41) is 0.461. The second-order valence-electron chi connectivity index (χ2n) is 5.93. The molecular formula is C16H23N3O4S. The minimum Gasteiger partial charge on any atom is -0.294 e. The molecule has 0 atom stereocenters. The van der Waals surface area contributed by atoms with Crippen LogP contribution in [0.1, 0.15) is 55.6 Å². The summed E-state index contributed by atoms with van der Waals surface area (Å²) in [6, 6.07) is -0.139. The number of carbonyl (C=O) groups excluding carboxylic acids is 1. The van der Waals surface area contributed by atoms with Gasteiger partial charge in [0, 0.05) is 23.9 Å². The molecule has 0 saturated heterocycles. The summed E-state index contributed by atoms with van der Waals surface area (Å²) >= 11 is 0. The number of aromatic nitrogens is 3. The number of Topliss-reactive ketones (excluding diaryl/α,β-unsaturated/α-hetero) is 1. The molecule has 0 amide bonds. The highest BCUT2D eigenvalue weighted by molar-refractivity contribution is 8.23. The smallest absolute Gasteiger partial charge is 0.263 e. The fourth-order valence-electron chi connectivity index (χ4n) is 2.91. The van der Waals surface area contributed by atoms with E-state index in [2.05, 4.69) is 9.97 Å². The Morgan fingerprint density at radius 3 is 2.38 bits per heavy atom. The van der Waals surface area contributed by atoms with Crippen LogP contribution in [0.5, 0.6) is 0 Å². The fourth-order valence-corrected chi connectivity index (χ4v) is 3.42. The summed E-state index contributed by atoms with van der Waals surface area (Å²) in [6.45, 7) is 6.96. The highest BCUT2D eigenvalue weighted by atomic mass is 32.3. The quantitative estimate of drug-likeness (QED) is 0.630. The van der Waals surface area contributed by atoms with E-state index in [1.807, 2.05) is 13.8 Å². The minimum atomic E-state index is -3.11. The van der Waals surface area contributed by atoms with Gasteiger partial charge < -0.3 is 0 Å². The van der Waals surface area contributed by atoms with Crippen LogP contribution in [0.25, 0.3) is 11.0 Å². The third-order valence-corrected chi connectivity index (χ3v) is 5.08. The van der Waals surface area contributed by atoms with Crippen molar-refractivity contribution in [2.24, 2.45) is 0 Å². The lowest BCUT2D eigenvalue weighted by Crippen LogP contribution is -2.31. The maximum Gasteiger partial charge on any atom is 0.263 e. The maximum absolute atomic E-state index is 12.9. The number of hydrogen-bond donors (Lipinski definition) is 2. The molecule has 2 rings (SSSR count). The van der Waals surface area contributed by atoms with E-state index in [-0.39, 0.29) is 22.5 Å². The van der Waals surface area contributed by atoms with Crippen molar-refractivity contribution in [2.75, 3.05) is 6.26 Å². The van der Waals surface area contributed by atoms with Crippen molar-refractivity contribution in [3.05, 3.63) is 27.7 Å². The first-order chi connectivity index (χ1) is 11.1. The Morgan fingerprint density at radius 2 is 1.92 bits per heavy atom. The van der Waals surface area contributed by atoms with Gasteiger partial charge in [0.05, 0.1) is 5.56 Å². The van der Waals surface area contributed by atoms with Crippen LogP contribution in [0, 0.1) is 6.92 Å². The topological polar surface area (TPSA) is 105 Å². The van der Waals surface area contributed by atoms with E-state index in [9.17, 15) is 18.7 Å². The molecule has 7 nitrogen and oxygen atoms in total. The van der Waals surface area contributed by atoms with Crippen molar-refractivity contribution in [2.45, 2.75) is 51.7 Å². The van der Waals surface area contributed by atoms with Crippen LogP contribution in [0.3, 0.4) is 0 Å². The number of aryl methyl sites for hydroxylation is 1. The summed E-state index contributed by atoms with van der Waals surface area (Å²) in [7, 11) is -3.11. The Bertz CT molecular complexity index is 851. The van der Waals surface area contributed by atoms with Crippen molar-refractivity contribution in [3.63, 3.8) is 0 Å². The molecule has 0 spiro atoms. The number of ketones is 1. The minimum absolute atomic E-state index is 0.107. The molecule has 0 unspecified atom stereocenters. The Balaban J connectivity index is 3.02. The van der Waals surface area contributed by atoms with Gasteiger partial charge in [-0.25, -0.2) is 4.98 Å². The molecule has 24 heavy (non-hydrogen) atoms. The molecule has 0 aliphatic heterocycles. The van der Waals surface area contributed by atoms with Crippen LogP contribution in [0.4, 0.5) is 0 Å². The van der Waals surface area contributed by atoms with Crippen LogP contribution in [-0.2, 0) is 0 Å². The zero-order valence-electron chi connectivity index (χ0n) is 14.5. The van der Waals surface area contributed by atoms with Gasteiger partial charge in [0.25, 0.3) is 5.56 Å². The van der Waals surface area contributed by atoms with Crippen LogP contribution < -0.4 is 5.56 Å². The Labute approximate surface area is 142 Å². The molecule has 0 radical (unpaired) electrons. The van der Waals surface area contributed by atoms with Crippen LogP contribution in [-0.4, -0.2) is 35.7 Å². The van der Waals surface area contributed by atoms with Gasteiger partial charge in [-0.15, -0.1) is 10.6 Å². The summed E-state index contributed by atoms with van der Waals surface area (Å²) in [5.74, 6) is -0.303. The van der Waals surface area contributed by atoms with Gasteiger partial charge in [0.2, 0.25) is 5.16 Å². The molecule has 0 bridgehead atoms. The SMILES string of the molecule is CCC(CC)n1c(=O)c(C(C)=O)c(C)c2cnc(S(C)(O)O)nc21. The molecule has 132 valence electrons. The predicted octanol–water partition coefficient (Wildman–Crippen LogP) is 3.40. The molecule has 0 saturated carbocycles. The van der Waals surface area contributed by atoms with E-state index in [1.165, 1.54) is 23.9 Å². The first kappa shape index (κ1) is 18.6. The van der Waals surface area contributed by atoms with Crippen molar-refractivity contribution in [1.29, 1.82) is 0 Å². The molecule has 0 aliphatic carbocycles. The summed E-state index contributed by atoms with van der Waals surface area (Å²) in [4.78, 5) is 33.2. The summed E-state index contributed by atoms with van der Waals surface area (Å²) < 4.78 is 21.2. The molecule has 8 heteroatoms. The Hall–Kier alpha value is -1.77. The first-order valence-corrected chi connectivity index (χ1v) is 9.74. The molecule has 0 aromatic carbocycles. The van der Waals surface area contributed by atoms with Gasteiger partial charge >= 0.3 is 0 Å². The third-order valence-electron chi connectivity index (χ3n) is 4.19. The van der Waals surface area contributed by atoms with Crippen LogP contribution >= 0.6 is 10.6 Å². The summed E-state index contributed by atoms with van der Waals surface area (Å²) in [6.07, 6.45) is 4.07. The Kier molecular flexibility index (Phi) is 5.12. The number of nitrogens with zero attached hydrogens (tertiary/aromatic N) is 3. The third kappa shape index (κ3) is 3.09. The second kappa shape index (κ2) is 6.62. The van der Waals surface area contributed by atoms with Crippen molar-refractivity contribution < 1.29 is 13.9 Å². The van der Waals surface area contributed by atoms with Crippen molar-refractivity contribution >= 4 is 27.4 Å². The zero-order chi connectivity index (χ0) is 18.2. The van der Waals surface area contributed by atoms with E-state index in [4.69, 9.17) is 0 Å². The average molecular weight is 353 g/mol. The van der Waals surface area contributed by atoms with Crippen LogP contribution in [0.2, 0.25) is 0 Å². The molecular weight excluding hydrogens is 330 g/mol. The standard InChI is InChI=1S/C16H23N3O4S/c1-6-11(7-2)19-14-12(8-17-16(18-14)24(5,22)23)9(3)13(10(4)20)15(19)21/h8,11,22-23H,6-7H2,1-5H3. The monoisotopic (exact) mass is 353 g/mol. The van der Waals surface area contributed by atoms with E-state index >= 15 is 0 Å². The molecule has 2 aromatic rings. The molecule has 2 aromatic heterocycles. The Morgan fingerprint density at radius 1 is 1.33 bits per heavy atom. The first-order valence-electron chi connectivity index (χ1n) is 7.79. The molecule has 2 heterocycles. The molecule has 0 fully saturated rings.